The van der Waals surface area contributed by atoms with E-state index in [0.717, 1.165) is 19.6 Å². The van der Waals surface area contributed by atoms with Crippen LogP contribution in [-0.2, 0) is 6.54 Å². The van der Waals surface area contributed by atoms with E-state index >= 15 is 0 Å². The average Bonchev–Trinajstić information content (AvgIpc) is 3.41. The van der Waals surface area contributed by atoms with E-state index in [-0.39, 0.29) is 17.2 Å². The molecule has 2 saturated heterocycles. The van der Waals surface area contributed by atoms with Crippen LogP contribution in [0.15, 0.2) is 53.1 Å². The van der Waals surface area contributed by atoms with Gasteiger partial charge in [-0.2, -0.15) is 4.98 Å². The molecule has 0 N–H and O–H groups in total. The molecule has 0 radical (unpaired) electrons. The number of hydrogen-bond acceptors (Lipinski definition) is 7. The van der Waals surface area contributed by atoms with Crippen LogP contribution in [0.1, 0.15) is 33.6 Å². The number of carbonyl (C=O) groups is 1. The highest BCUT2D eigenvalue weighted by molar-refractivity contribution is 5.98. The van der Waals surface area contributed by atoms with Crippen molar-refractivity contribution >= 4 is 5.91 Å². The molecule has 2 aromatic carbocycles. The minimum absolute atomic E-state index is 0.0571. The zero-order valence-electron chi connectivity index (χ0n) is 19.2. The Kier molecular flexibility index (Phi) is 5.54. The first kappa shape index (κ1) is 21.5. The van der Waals surface area contributed by atoms with E-state index in [4.69, 9.17) is 14.0 Å². The Morgan fingerprint density at radius 3 is 2.55 bits per heavy atom. The number of methoxy groups -OCH3 is 2. The summed E-state index contributed by atoms with van der Waals surface area (Å²) in [6.45, 7) is 5.63. The molecule has 33 heavy (non-hydrogen) atoms. The summed E-state index contributed by atoms with van der Waals surface area (Å²) in [6, 6.07) is 15.8. The van der Waals surface area contributed by atoms with Crippen molar-refractivity contribution in [1.29, 1.82) is 0 Å². The van der Waals surface area contributed by atoms with Crippen LogP contribution >= 0.6 is 0 Å². The van der Waals surface area contributed by atoms with Crippen molar-refractivity contribution in [3.8, 4) is 11.5 Å². The van der Waals surface area contributed by atoms with Crippen molar-refractivity contribution in [3.63, 3.8) is 0 Å². The van der Waals surface area contributed by atoms with E-state index in [1.807, 2.05) is 24.0 Å². The quantitative estimate of drug-likeness (QED) is 0.573. The van der Waals surface area contributed by atoms with Gasteiger partial charge in [-0.25, -0.2) is 0 Å². The Morgan fingerprint density at radius 2 is 1.88 bits per heavy atom. The van der Waals surface area contributed by atoms with Crippen molar-refractivity contribution in [2.75, 3.05) is 40.4 Å². The average molecular weight is 449 g/mol. The van der Waals surface area contributed by atoms with E-state index in [0.29, 0.717) is 41.9 Å². The van der Waals surface area contributed by atoms with Gasteiger partial charge in [-0.15, -0.1) is 0 Å². The van der Waals surface area contributed by atoms with E-state index in [1.54, 1.807) is 26.4 Å². The lowest BCUT2D eigenvalue weighted by Crippen LogP contribution is -2.61. The summed E-state index contributed by atoms with van der Waals surface area (Å²) < 4.78 is 16.5. The van der Waals surface area contributed by atoms with E-state index in [1.165, 1.54) is 5.56 Å². The maximum atomic E-state index is 13.4. The van der Waals surface area contributed by atoms with Crippen LogP contribution < -0.4 is 9.47 Å². The minimum Gasteiger partial charge on any atom is -0.493 e. The normalized spacial score (nSPS) is 19.5. The van der Waals surface area contributed by atoms with E-state index < -0.39 is 0 Å². The molecule has 8 nitrogen and oxygen atoms in total. The molecule has 0 saturated carbocycles. The van der Waals surface area contributed by atoms with Gasteiger partial charge in [0.05, 0.1) is 25.7 Å². The summed E-state index contributed by atoms with van der Waals surface area (Å²) in [5.41, 5.74) is 1.66. The number of aromatic nitrogens is 2. The zero-order chi connectivity index (χ0) is 23.0. The highest BCUT2D eigenvalue weighted by Crippen LogP contribution is 2.49. The van der Waals surface area contributed by atoms with Gasteiger partial charge in [0.1, 0.15) is 0 Å². The van der Waals surface area contributed by atoms with Crippen molar-refractivity contribution in [3.05, 3.63) is 71.4 Å². The van der Waals surface area contributed by atoms with Gasteiger partial charge in [0.15, 0.2) is 17.3 Å². The fourth-order valence-electron chi connectivity index (χ4n) is 5.23. The molecule has 0 aliphatic carbocycles. The lowest BCUT2D eigenvalue weighted by atomic mass is 9.71. The minimum atomic E-state index is -0.116. The maximum absolute atomic E-state index is 13.4. The summed E-state index contributed by atoms with van der Waals surface area (Å²) in [6.07, 6.45) is 0. The van der Waals surface area contributed by atoms with E-state index in [9.17, 15) is 4.79 Å². The predicted molar refractivity (Wildman–Crippen MR) is 121 cm³/mol. The van der Waals surface area contributed by atoms with Crippen LogP contribution in [0.25, 0.3) is 0 Å². The molecule has 5 rings (SSSR count). The molecule has 2 aliphatic heterocycles. The van der Waals surface area contributed by atoms with Crippen LogP contribution in [-0.4, -0.2) is 66.2 Å². The van der Waals surface area contributed by atoms with Crippen molar-refractivity contribution in [2.45, 2.75) is 19.4 Å². The second-order valence-corrected chi connectivity index (χ2v) is 8.95. The predicted octanol–water partition coefficient (Wildman–Crippen LogP) is 3.14. The summed E-state index contributed by atoms with van der Waals surface area (Å²) in [7, 11) is 3.13. The summed E-state index contributed by atoms with van der Waals surface area (Å²) >= 11 is 0. The Bertz CT molecular complexity index is 1140. The number of rotatable bonds is 6. The summed E-state index contributed by atoms with van der Waals surface area (Å²) in [5, 5.41) is 4.02. The first-order valence-electron chi connectivity index (χ1n) is 11.1. The van der Waals surface area contributed by atoms with Crippen LogP contribution in [0, 0.1) is 12.3 Å². The molecule has 8 heteroatoms. The third kappa shape index (κ3) is 3.84. The number of amides is 1. The Balaban J connectivity index is 1.37. The van der Waals surface area contributed by atoms with Gasteiger partial charge in [0.25, 0.3) is 5.91 Å². The van der Waals surface area contributed by atoms with Crippen molar-refractivity contribution in [1.82, 2.24) is 19.9 Å². The molecule has 172 valence electrons. The van der Waals surface area contributed by atoms with E-state index in [2.05, 4.69) is 39.3 Å². The molecule has 1 aromatic heterocycles. The topological polar surface area (TPSA) is 80.9 Å². The highest BCUT2D eigenvalue weighted by Gasteiger charge is 2.57. The largest absolute Gasteiger partial charge is 0.493 e. The maximum Gasteiger partial charge on any atom is 0.257 e. The van der Waals surface area contributed by atoms with Gasteiger partial charge in [-0.1, -0.05) is 41.6 Å². The van der Waals surface area contributed by atoms with Crippen LogP contribution in [0.3, 0.4) is 0 Å². The van der Waals surface area contributed by atoms with Gasteiger partial charge in [-0.05, 0) is 24.6 Å². The van der Waals surface area contributed by atoms with Gasteiger partial charge in [-0.3, -0.25) is 9.69 Å². The number of nitrogens with zero attached hydrogens (tertiary/aromatic N) is 4. The second-order valence-electron chi connectivity index (χ2n) is 8.95. The lowest BCUT2D eigenvalue weighted by Gasteiger charge is -2.50. The van der Waals surface area contributed by atoms with Crippen LogP contribution in [0.4, 0.5) is 0 Å². The van der Waals surface area contributed by atoms with Crippen LogP contribution in [0.2, 0.25) is 0 Å². The number of hydrogen-bond donors (Lipinski definition) is 0. The molecule has 1 spiro atoms. The first-order chi connectivity index (χ1) is 16.0. The fourth-order valence-corrected chi connectivity index (χ4v) is 5.23. The summed E-state index contributed by atoms with van der Waals surface area (Å²) in [5.74, 6) is 2.33. The molecular formula is C25H28N4O4. The first-order valence-corrected chi connectivity index (χ1v) is 11.1. The third-order valence-corrected chi connectivity index (χ3v) is 6.74. The monoisotopic (exact) mass is 448 g/mol. The molecule has 3 aromatic rings. The van der Waals surface area contributed by atoms with Gasteiger partial charge in [0, 0.05) is 38.1 Å². The van der Waals surface area contributed by atoms with Gasteiger partial charge < -0.3 is 18.9 Å². The Hall–Kier alpha value is -3.39. The number of ether oxygens (including phenoxy) is 2. The zero-order valence-corrected chi connectivity index (χ0v) is 19.2. The Labute approximate surface area is 193 Å². The number of aryl methyl sites for hydroxylation is 1. The number of carbonyl (C=O) groups excluding carboxylic acids is 1. The van der Waals surface area contributed by atoms with Gasteiger partial charge >= 0.3 is 0 Å². The second kappa shape index (κ2) is 8.51. The molecule has 1 atom stereocenters. The highest BCUT2D eigenvalue weighted by atomic mass is 16.5. The number of likely N-dealkylation sites (tertiary alicyclic amines) is 2. The molecule has 1 unspecified atom stereocenters. The molecule has 2 aliphatic rings. The number of benzene rings is 2. The number of para-hydroxylation sites is 1. The molecule has 1 amide bonds. The fraction of sp³-hybridized carbons (Fsp3) is 0.400. The molecular weight excluding hydrogens is 420 g/mol. The van der Waals surface area contributed by atoms with Crippen molar-refractivity contribution < 1.29 is 18.8 Å². The Morgan fingerprint density at radius 1 is 1.09 bits per heavy atom. The molecule has 0 bridgehead atoms. The van der Waals surface area contributed by atoms with Crippen LogP contribution in [0.5, 0.6) is 11.5 Å². The third-order valence-electron chi connectivity index (χ3n) is 6.74. The molecule has 2 fully saturated rings. The summed E-state index contributed by atoms with van der Waals surface area (Å²) in [4.78, 5) is 22.2. The standard InChI is InChI=1S/C25H28N4O4/c1-17-26-23(33-27-17)20-13-28(12-18-8-5-4-6-9-18)14-25(20)15-29(16-25)24(30)19-10-7-11-21(31-2)22(19)32-3/h4-11,20H,12-16H2,1-3H3. The lowest BCUT2D eigenvalue weighted by molar-refractivity contribution is -0.00147. The van der Waals surface area contributed by atoms with Crippen molar-refractivity contribution in [2.24, 2.45) is 5.41 Å². The van der Waals surface area contributed by atoms with Gasteiger partial charge in [0.2, 0.25) is 5.89 Å². The molecule has 3 heterocycles. The SMILES string of the molecule is COc1cccc(C(=O)N2CC3(CN(Cc4ccccc4)CC3c3nc(C)no3)C2)c1OC. The smallest absolute Gasteiger partial charge is 0.257 e.